The van der Waals surface area contributed by atoms with Gasteiger partial charge in [-0.1, -0.05) is 25.5 Å². The van der Waals surface area contributed by atoms with E-state index in [-0.39, 0.29) is 0 Å². The van der Waals surface area contributed by atoms with Crippen LogP contribution in [-0.2, 0) is 6.42 Å². The molecule has 0 saturated heterocycles. The minimum atomic E-state index is 0.695. The van der Waals surface area contributed by atoms with Crippen molar-refractivity contribution in [3.8, 4) is 0 Å². The van der Waals surface area contributed by atoms with Crippen LogP contribution < -0.4 is 5.32 Å². The molecule has 2 aliphatic rings. The number of nitrogens with one attached hydrogen (secondary N) is 1. The summed E-state index contributed by atoms with van der Waals surface area (Å²) in [7, 11) is 0. The van der Waals surface area contributed by atoms with E-state index in [1.807, 2.05) is 0 Å². The van der Waals surface area contributed by atoms with Crippen molar-refractivity contribution in [1.29, 1.82) is 0 Å². The third kappa shape index (κ3) is 3.15. The van der Waals surface area contributed by atoms with Gasteiger partial charge in [0.05, 0.1) is 0 Å². The van der Waals surface area contributed by atoms with Crippen molar-refractivity contribution in [2.24, 2.45) is 17.8 Å². The van der Waals surface area contributed by atoms with E-state index in [4.69, 9.17) is 0 Å². The molecule has 1 aromatic carbocycles. The Labute approximate surface area is 130 Å². The Bertz CT molecular complexity index is 414. The van der Waals surface area contributed by atoms with Gasteiger partial charge in [0.1, 0.15) is 0 Å². The van der Waals surface area contributed by atoms with Crippen LogP contribution >= 0.6 is 22.6 Å². The average molecular weight is 369 g/mol. The molecule has 4 atom stereocenters. The second-order valence-corrected chi connectivity index (χ2v) is 7.58. The van der Waals surface area contributed by atoms with Crippen LogP contribution in [0.3, 0.4) is 0 Å². The first-order valence-electron chi connectivity index (χ1n) is 7.74. The van der Waals surface area contributed by atoms with E-state index in [9.17, 15) is 0 Å². The Balaban J connectivity index is 1.68. The van der Waals surface area contributed by atoms with Gasteiger partial charge in [-0.15, -0.1) is 0 Å². The number of hydrogen-bond acceptors (Lipinski definition) is 1. The fourth-order valence-corrected chi connectivity index (χ4v) is 4.66. The highest BCUT2D eigenvalue weighted by molar-refractivity contribution is 14.1. The Morgan fingerprint density at radius 2 is 2.00 bits per heavy atom. The topological polar surface area (TPSA) is 12.0 Å². The van der Waals surface area contributed by atoms with Crippen molar-refractivity contribution in [2.45, 2.75) is 45.1 Å². The zero-order chi connectivity index (χ0) is 13.2. The molecule has 0 amide bonds. The van der Waals surface area contributed by atoms with Crippen LogP contribution in [0.5, 0.6) is 0 Å². The van der Waals surface area contributed by atoms with E-state index in [2.05, 4.69) is 59.1 Å². The molecule has 1 aromatic rings. The van der Waals surface area contributed by atoms with Gasteiger partial charge >= 0.3 is 0 Å². The maximum Gasteiger partial charge on any atom is 0.0138 e. The molecule has 0 spiro atoms. The van der Waals surface area contributed by atoms with E-state index in [1.54, 1.807) is 0 Å². The molecular formula is C17H24IN. The molecule has 2 bridgehead atoms. The third-order valence-corrected chi connectivity index (χ3v) is 5.86. The molecule has 2 aliphatic carbocycles. The SMILES string of the molecule is CCNC(Cc1ccc(I)cc1)C1CC2CCC1C2. The van der Waals surface area contributed by atoms with E-state index >= 15 is 0 Å². The molecule has 0 aromatic heterocycles. The molecule has 2 fully saturated rings. The predicted octanol–water partition coefficient (Wildman–Crippen LogP) is 4.25. The summed E-state index contributed by atoms with van der Waals surface area (Å²) >= 11 is 2.38. The minimum Gasteiger partial charge on any atom is -0.314 e. The van der Waals surface area contributed by atoms with Crippen LogP contribution in [0.2, 0.25) is 0 Å². The van der Waals surface area contributed by atoms with Crippen LogP contribution in [0, 0.1) is 21.3 Å². The van der Waals surface area contributed by atoms with Gasteiger partial charge in [0, 0.05) is 9.61 Å². The first kappa shape index (κ1) is 13.9. The minimum absolute atomic E-state index is 0.695. The maximum atomic E-state index is 3.77. The normalized spacial score (nSPS) is 30.7. The Morgan fingerprint density at radius 1 is 1.21 bits per heavy atom. The molecular weight excluding hydrogens is 345 g/mol. The summed E-state index contributed by atoms with van der Waals surface area (Å²) in [5, 5.41) is 3.77. The van der Waals surface area contributed by atoms with Crippen molar-refractivity contribution in [2.75, 3.05) is 6.54 Å². The van der Waals surface area contributed by atoms with Crippen LogP contribution in [0.25, 0.3) is 0 Å². The van der Waals surface area contributed by atoms with Crippen LogP contribution in [0.1, 0.15) is 38.2 Å². The largest absolute Gasteiger partial charge is 0.314 e. The molecule has 19 heavy (non-hydrogen) atoms. The molecule has 1 N–H and O–H groups in total. The zero-order valence-electron chi connectivity index (χ0n) is 11.7. The third-order valence-electron chi connectivity index (χ3n) is 5.14. The molecule has 4 unspecified atom stereocenters. The average Bonchev–Trinajstić information content (AvgIpc) is 3.03. The van der Waals surface area contributed by atoms with Gasteiger partial charge in [-0.25, -0.2) is 0 Å². The standard InChI is InChI=1S/C17H24IN/c1-2-19-17(11-12-4-7-15(18)8-5-12)16-10-13-3-6-14(16)9-13/h4-5,7-8,13-14,16-17,19H,2-3,6,9-11H2,1H3. The quantitative estimate of drug-likeness (QED) is 0.766. The fourth-order valence-electron chi connectivity index (χ4n) is 4.30. The molecule has 1 nitrogen and oxygen atoms in total. The first-order chi connectivity index (χ1) is 9.26. The second-order valence-electron chi connectivity index (χ2n) is 6.33. The summed E-state index contributed by atoms with van der Waals surface area (Å²) < 4.78 is 1.33. The van der Waals surface area contributed by atoms with Crippen molar-refractivity contribution in [3.05, 3.63) is 33.4 Å². The summed E-state index contributed by atoms with van der Waals surface area (Å²) in [4.78, 5) is 0. The van der Waals surface area contributed by atoms with Gasteiger partial charge in [0.15, 0.2) is 0 Å². The van der Waals surface area contributed by atoms with Crippen molar-refractivity contribution >= 4 is 22.6 Å². The highest BCUT2D eigenvalue weighted by Crippen LogP contribution is 2.49. The van der Waals surface area contributed by atoms with Crippen LogP contribution in [0.4, 0.5) is 0 Å². The summed E-state index contributed by atoms with van der Waals surface area (Å²) in [6, 6.07) is 9.78. The lowest BCUT2D eigenvalue weighted by molar-refractivity contribution is 0.249. The number of rotatable bonds is 5. The van der Waals surface area contributed by atoms with Crippen LogP contribution in [0.15, 0.2) is 24.3 Å². The van der Waals surface area contributed by atoms with Gasteiger partial charge in [-0.05, 0) is 90.3 Å². The van der Waals surface area contributed by atoms with Gasteiger partial charge < -0.3 is 5.32 Å². The molecule has 104 valence electrons. The zero-order valence-corrected chi connectivity index (χ0v) is 13.9. The monoisotopic (exact) mass is 369 g/mol. The van der Waals surface area contributed by atoms with E-state index in [0.29, 0.717) is 6.04 Å². The molecule has 0 heterocycles. The lowest BCUT2D eigenvalue weighted by atomic mass is 9.81. The predicted molar refractivity (Wildman–Crippen MR) is 89.3 cm³/mol. The van der Waals surface area contributed by atoms with Gasteiger partial charge in [-0.3, -0.25) is 0 Å². The van der Waals surface area contributed by atoms with E-state index in [0.717, 1.165) is 24.3 Å². The summed E-state index contributed by atoms with van der Waals surface area (Å²) in [6.45, 7) is 3.34. The Kier molecular flexibility index (Phi) is 4.47. The van der Waals surface area contributed by atoms with Gasteiger partial charge in [0.2, 0.25) is 0 Å². The molecule has 2 saturated carbocycles. The smallest absolute Gasteiger partial charge is 0.0138 e. The highest BCUT2D eigenvalue weighted by atomic mass is 127. The Hall–Kier alpha value is -0.0900. The molecule has 0 radical (unpaired) electrons. The number of fused-ring (bicyclic) bond motifs is 2. The number of likely N-dealkylation sites (N-methyl/N-ethyl adjacent to an activating group) is 1. The van der Waals surface area contributed by atoms with Crippen LogP contribution in [-0.4, -0.2) is 12.6 Å². The number of benzene rings is 1. The number of halogens is 1. The van der Waals surface area contributed by atoms with Gasteiger partial charge in [-0.2, -0.15) is 0 Å². The van der Waals surface area contributed by atoms with E-state index in [1.165, 1.54) is 41.2 Å². The molecule has 3 rings (SSSR count). The maximum absolute atomic E-state index is 3.77. The molecule has 2 heteroatoms. The lowest BCUT2D eigenvalue weighted by Gasteiger charge is -2.31. The van der Waals surface area contributed by atoms with Crippen molar-refractivity contribution in [3.63, 3.8) is 0 Å². The summed E-state index contributed by atoms with van der Waals surface area (Å²) in [5.41, 5.74) is 1.49. The Morgan fingerprint density at radius 3 is 2.58 bits per heavy atom. The van der Waals surface area contributed by atoms with Crippen molar-refractivity contribution < 1.29 is 0 Å². The second kappa shape index (κ2) is 6.13. The van der Waals surface area contributed by atoms with Crippen molar-refractivity contribution in [1.82, 2.24) is 5.32 Å². The fraction of sp³-hybridized carbons (Fsp3) is 0.647. The highest BCUT2D eigenvalue weighted by Gasteiger charge is 2.42. The number of hydrogen-bond donors (Lipinski definition) is 1. The van der Waals surface area contributed by atoms with E-state index < -0.39 is 0 Å². The first-order valence-corrected chi connectivity index (χ1v) is 8.82. The summed E-state index contributed by atoms with van der Waals surface area (Å²) in [6.07, 6.45) is 7.19. The van der Waals surface area contributed by atoms with Gasteiger partial charge in [0.25, 0.3) is 0 Å². The lowest BCUT2D eigenvalue weighted by Crippen LogP contribution is -2.40. The molecule has 0 aliphatic heterocycles. The summed E-state index contributed by atoms with van der Waals surface area (Å²) in [5.74, 6) is 2.99.